The number of hydrogen-bond acceptors (Lipinski definition) is 3. The molecule has 0 bridgehead atoms. The maximum atomic E-state index is 13.4. The SMILES string of the molecule is Cc1cc(C(=O)NC(C)(C)CO)c2cc(F)ccc2n1. The summed E-state index contributed by atoms with van der Waals surface area (Å²) in [6, 6.07) is 5.77. The van der Waals surface area contributed by atoms with Crippen molar-refractivity contribution in [3.63, 3.8) is 0 Å². The smallest absolute Gasteiger partial charge is 0.252 e. The maximum absolute atomic E-state index is 13.4. The van der Waals surface area contributed by atoms with Crippen molar-refractivity contribution < 1.29 is 14.3 Å². The van der Waals surface area contributed by atoms with Gasteiger partial charge in [-0.1, -0.05) is 0 Å². The molecule has 5 heteroatoms. The third-order valence-electron chi connectivity index (χ3n) is 2.99. The molecule has 0 aliphatic carbocycles. The van der Waals surface area contributed by atoms with E-state index < -0.39 is 11.4 Å². The van der Waals surface area contributed by atoms with E-state index in [-0.39, 0.29) is 12.5 Å². The van der Waals surface area contributed by atoms with Crippen LogP contribution in [-0.2, 0) is 0 Å². The molecule has 2 rings (SSSR count). The van der Waals surface area contributed by atoms with E-state index in [1.807, 2.05) is 0 Å². The van der Waals surface area contributed by atoms with Gasteiger partial charge in [0.05, 0.1) is 23.2 Å². The van der Waals surface area contributed by atoms with Crippen LogP contribution in [0, 0.1) is 12.7 Å². The van der Waals surface area contributed by atoms with Crippen LogP contribution in [0.3, 0.4) is 0 Å². The average molecular weight is 276 g/mol. The Bertz CT molecular complexity index is 668. The van der Waals surface area contributed by atoms with E-state index in [4.69, 9.17) is 0 Å². The molecule has 0 saturated heterocycles. The Hall–Kier alpha value is -2.01. The van der Waals surface area contributed by atoms with Gasteiger partial charge in [0, 0.05) is 11.1 Å². The monoisotopic (exact) mass is 276 g/mol. The molecule has 0 fully saturated rings. The number of nitrogens with zero attached hydrogens (tertiary/aromatic N) is 1. The van der Waals surface area contributed by atoms with Crippen LogP contribution < -0.4 is 5.32 Å². The molecule has 0 radical (unpaired) electrons. The molecule has 106 valence electrons. The summed E-state index contributed by atoms with van der Waals surface area (Å²) in [5.74, 6) is -0.774. The van der Waals surface area contributed by atoms with Gasteiger partial charge in [0.1, 0.15) is 5.82 Å². The number of benzene rings is 1. The van der Waals surface area contributed by atoms with Crippen molar-refractivity contribution in [1.82, 2.24) is 10.3 Å². The van der Waals surface area contributed by atoms with E-state index in [2.05, 4.69) is 10.3 Å². The molecule has 0 aliphatic heterocycles. The van der Waals surface area contributed by atoms with Crippen LogP contribution >= 0.6 is 0 Å². The van der Waals surface area contributed by atoms with Crippen molar-refractivity contribution in [1.29, 1.82) is 0 Å². The van der Waals surface area contributed by atoms with E-state index >= 15 is 0 Å². The highest BCUT2D eigenvalue weighted by Gasteiger charge is 2.21. The zero-order valence-electron chi connectivity index (χ0n) is 11.7. The number of nitrogens with one attached hydrogen (secondary N) is 1. The highest BCUT2D eigenvalue weighted by molar-refractivity contribution is 6.06. The lowest BCUT2D eigenvalue weighted by molar-refractivity contribution is 0.0871. The van der Waals surface area contributed by atoms with Gasteiger partial charge in [-0.05, 0) is 45.0 Å². The van der Waals surface area contributed by atoms with Crippen LogP contribution in [0.4, 0.5) is 4.39 Å². The van der Waals surface area contributed by atoms with Gasteiger partial charge in [-0.15, -0.1) is 0 Å². The fraction of sp³-hybridized carbons (Fsp3) is 0.333. The summed E-state index contributed by atoms with van der Waals surface area (Å²) in [5.41, 5.74) is 0.858. The minimum absolute atomic E-state index is 0.185. The molecule has 0 atom stereocenters. The van der Waals surface area contributed by atoms with Crippen molar-refractivity contribution in [2.45, 2.75) is 26.3 Å². The molecule has 1 aromatic carbocycles. The number of carbonyl (C=O) groups is 1. The topological polar surface area (TPSA) is 62.2 Å². The van der Waals surface area contributed by atoms with Crippen molar-refractivity contribution >= 4 is 16.8 Å². The normalized spacial score (nSPS) is 11.7. The van der Waals surface area contributed by atoms with Crippen LogP contribution in [0.2, 0.25) is 0 Å². The second-order valence-electron chi connectivity index (χ2n) is 5.47. The van der Waals surface area contributed by atoms with Gasteiger partial charge in [0.15, 0.2) is 0 Å². The predicted molar refractivity (Wildman–Crippen MR) is 75.1 cm³/mol. The summed E-state index contributed by atoms with van der Waals surface area (Å²) in [6.45, 7) is 5.01. The molecular weight excluding hydrogens is 259 g/mol. The summed E-state index contributed by atoms with van der Waals surface area (Å²) in [6.07, 6.45) is 0. The number of pyridine rings is 1. The van der Waals surface area contributed by atoms with Gasteiger partial charge in [-0.2, -0.15) is 0 Å². The molecule has 0 spiro atoms. The van der Waals surface area contributed by atoms with Crippen LogP contribution in [0.1, 0.15) is 29.9 Å². The lowest BCUT2D eigenvalue weighted by Gasteiger charge is -2.23. The first-order valence-electron chi connectivity index (χ1n) is 6.33. The molecule has 0 saturated carbocycles. The van der Waals surface area contributed by atoms with Crippen molar-refractivity contribution in [2.24, 2.45) is 0 Å². The third-order valence-corrected chi connectivity index (χ3v) is 2.99. The summed E-state index contributed by atoms with van der Waals surface area (Å²) in [5, 5.41) is 12.4. The first-order chi connectivity index (χ1) is 9.32. The van der Waals surface area contributed by atoms with Crippen LogP contribution in [0.15, 0.2) is 24.3 Å². The number of fused-ring (bicyclic) bond motifs is 1. The largest absolute Gasteiger partial charge is 0.394 e. The second-order valence-corrected chi connectivity index (χ2v) is 5.47. The standard InChI is InChI=1S/C15H17FN2O2/c1-9-6-12(14(20)18-15(2,3)8-19)11-7-10(16)4-5-13(11)17-9/h4-7,19H,8H2,1-3H3,(H,18,20). The number of aliphatic hydroxyl groups is 1. The number of aromatic nitrogens is 1. The van der Waals surface area contributed by atoms with E-state index in [1.54, 1.807) is 32.9 Å². The third kappa shape index (κ3) is 2.93. The lowest BCUT2D eigenvalue weighted by atomic mass is 10.0. The minimum atomic E-state index is -0.742. The molecule has 0 unspecified atom stereocenters. The molecule has 1 heterocycles. The number of halogens is 1. The molecule has 20 heavy (non-hydrogen) atoms. The van der Waals surface area contributed by atoms with Crippen LogP contribution in [-0.4, -0.2) is 28.1 Å². The Labute approximate surface area is 116 Å². The van der Waals surface area contributed by atoms with E-state index in [0.717, 1.165) is 0 Å². The fourth-order valence-electron chi connectivity index (χ4n) is 1.93. The Morgan fingerprint density at radius 2 is 2.10 bits per heavy atom. The Morgan fingerprint density at radius 3 is 2.75 bits per heavy atom. The van der Waals surface area contributed by atoms with Gasteiger partial charge in [0.2, 0.25) is 0 Å². The van der Waals surface area contributed by atoms with Gasteiger partial charge >= 0.3 is 0 Å². The van der Waals surface area contributed by atoms with Gasteiger partial charge < -0.3 is 10.4 Å². The zero-order valence-corrected chi connectivity index (χ0v) is 11.7. The number of amides is 1. The Kier molecular flexibility index (Phi) is 3.72. The van der Waals surface area contributed by atoms with E-state index in [1.165, 1.54) is 12.1 Å². The molecule has 1 aromatic heterocycles. The van der Waals surface area contributed by atoms with Gasteiger partial charge in [0.25, 0.3) is 5.91 Å². The molecule has 4 nitrogen and oxygen atoms in total. The summed E-state index contributed by atoms with van der Waals surface area (Å²) < 4.78 is 13.4. The first-order valence-corrected chi connectivity index (χ1v) is 6.33. The summed E-state index contributed by atoms with van der Waals surface area (Å²) >= 11 is 0. The van der Waals surface area contributed by atoms with Crippen molar-refractivity contribution in [3.05, 3.63) is 41.3 Å². The van der Waals surface area contributed by atoms with Crippen molar-refractivity contribution in [3.8, 4) is 0 Å². The number of hydrogen-bond donors (Lipinski definition) is 2. The molecular formula is C15H17FN2O2. The highest BCUT2D eigenvalue weighted by atomic mass is 19.1. The quantitative estimate of drug-likeness (QED) is 0.903. The van der Waals surface area contributed by atoms with Crippen LogP contribution in [0.5, 0.6) is 0 Å². The Morgan fingerprint density at radius 1 is 1.40 bits per heavy atom. The summed E-state index contributed by atoms with van der Waals surface area (Å²) in [4.78, 5) is 16.6. The Balaban J connectivity index is 2.53. The molecule has 1 amide bonds. The maximum Gasteiger partial charge on any atom is 0.252 e. The van der Waals surface area contributed by atoms with E-state index in [0.29, 0.717) is 22.2 Å². The fourth-order valence-corrected chi connectivity index (χ4v) is 1.93. The van der Waals surface area contributed by atoms with Gasteiger partial charge in [-0.25, -0.2) is 4.39 Å². The average Bonchev–Trinajstić information content (AvgIpc) is 2.38. The molecule has 2 aromatic rings. The molecule has 0 aliphatic rings. The van der Waals surface area contributed by atoms with Crippen LogP contribution in [0.25, 0.3) is 10.9 Å². The minimum Gasteiger partial charge on any atom is -0.394 e. The molecule has 2 N–H and O–H groups in total. The number of aliphatic hydroxyl groups excluding tert-OH is 1. The van der Waals surface area contributed by atoms with E-state index in [9.17, 15) is 14.3 Å². The first kappa shape index (κ1) is 14.4. The number of carbonyl (C=O) groups excluding carboxylic acids is 1. The van der Waals surface area contributed by atoms with Crippen molar-refractivity contribution in [2.75, 3.05) is 6.61 Å². The predicted octanol–water partition coefficient (Wildman–Crippen LogP) is 2.18. The zero-order chi connectivity index (χ0) is 14.9. The highest BCUT2D eigenvalue weighted by Crippen LogP contribution is 2.20. The lowest BCUT2D eigenvalue weighted by Crippen LogP contribution is -2.46. The number of aryl methyl sites for hydroxylation is 1. The number of rotatable bonds is 3. The second kappa shape index (κ2) is 5.17. The summed E-state index contributed by atoms with van der Waals surface area (Å²) in [7, 11) is 0. The van der Waals surface area contributed by atoms with Gasteiger partial charge in [-0.3, -0.25) is 9.78 Å².